The molecule has 5 rings (SSSR count). The van der Waals surface area contributed by atoms with Crippen LogP contribution in [0.3, 0.4) is 0 Å². The summed E-state index contributed by atoms with van der Waals surface area (Å²) in [6.07, 6.45) is 27.3. The van der Waals surface area contributed by atoms with Crippen LogP contribution in [-0.2, 0) is 9.59 Å². The van der Waals surface area contributed by atoms with Crippen LogP contribution in [-0.4, -0.2) is 34.7 Å². The number of carbonyl (C=O) groups excluding carboxylic acids is 1. The van der Waals surface area contributed by atoms with Crippen LogP contribution in [0.25, 0.3) is 0 Å². The lowest BCUT2D eigenvalue weighted by Gasteiger charge is -2.72. The minimum Gasteiger partial charge on any atom is -0.481 e. The Morgan fingerprint density at radius 2 is 1.25 bits per heavy atom. The second kappa shape index (κ2) is 16.6. The van der Waals surface area contributed by atoms with Gasteiger partial charge in [0, 0.05) is 13.0 Å². The summed E-state index contributed by atoms with van der Waals surface area (Å²) in [6.45, 7) is 20.3. The number of nitrogens with one attached hydrogen (secondary N) is 1. The van der Waals surface area contributed by atoms with Crippen molar-refractivity contribution in [3.8, 4) is 0 Å². The van der Waals surface area contributed by atoms with Crippen LogP contribution in [0.2, 0.25) is 0 Å². The van der Waals surface area contributed by atoms with Gasteiger partial charge < -0.3 is 15.5 Å². The number of aliphatic hydroxyl groups is 1. The molecule has 0 aromatic carbocycles. The molecule has 5 nitrogen and oxygen atoms in total. The fraction of sp³-hybridized carbons (Fsp3) is 0.913. The minimum absolute atomic E-state index is 0.0176. The molecule has 0 spiro atoms. The first-order valence-corrected chi connectivity index (χ1v) is 22.0. The molecule has 5 aliphatic carbocycles. The predicted octanol–water partition coefficient (Wildman–Crippen LogP) is 11.7. The van der Waals surface area contributed by atoms with Gasteiger partial charge in [0.15, 0.2) is 0 Å². The van der Waals surface area contributed by atoms with Crippen LogP contribution < -0.4 is 5.32 Å². The third-order valence-electron chi connectivity index (χ3n) is 17.4. The van der Waals surface area contributed by atoms with Crippen molar-refractivity contribution in [2.24, 2.45) is 56.7 Å². The Hall–Kier alpha value is -1.36. The zero-order valence-corrected chi connectivity index (χ0v) is 34.1. The van der Waals surface area contributed by atoms with Crippen LogP contribution in [0.5, 0.6) is 0 Å². The number of amides is 1. The van der Waals surface area contributed by atoms with E-state index in [9.17, 15) is 14.7 Å². The van der Waals surface area contributed by atoms with Crippen LogP contribution in [0, 0.1) is 56.7 Å². The molecule has 3 N–H and O–H groups in total. The predicted molar refractivity (Wildman–Crippen MR) is 210 cm³/mol. The molecule has 5 saturated carbocycles. The van der Waals surface area contributed by atoms with Gasteiger partial charge >= 0.3 is 5.97 Å². The van der Waals surface area contributed by atoms with Gasteiger partial charge in [0.25, 0.3) is 0 Å². The van der Waals surface area contributed by atoms with Crippen molar-refractivity contribution < 1.29 is 19.8 Å². The van der Waals surface area contributed by atoms with E-state index in [1.54, 1.807) is 0 Å². The van der Waals surface area contributed by atoms with E-state index < -0.39 is 5.97 Å². The minimum atomic E-state index is -0.670. The molecule has 5 aliphatic rings. The monoisotopic (exact) mass is 710 g/mol. The molecular formula is C46H79NO4. The normalized spacial score (nSPS) is 39.7. The number of hydrogen-bond donors (Lipinski definition) is 3. The summed E-state index contributed by atoms with van der Waals surface area (Å²) >= 11 is 0. The fourth-order valence-corrected chi connectivity index (χ4v) is 14.2. The molecule has 51 heavy (non-hydrogen) atoms. The molecule has 0 aliphatic heterocycles. The van der Waals surface area contributed by atoms with Crippen molar-refractivity contribution >= 4 is 11.9 Å². The molecule has 0 aromatic heterocycles. The topological polar surface area (TPSA) is 86.6 Å². The van der Waals surface area contributed by atoms with Crippen molar-refractivity contribution in [3.63, 3.8) is 0 Å². The number of aliphatic carboxylic acids is 1. The van der Waals surface area contributed by atoms with Crippen molar-refractivity contribution in [1.29, 1.82) is 0 Å². The summed E-state index contributed by atoms with van der Waals surface area (Å²) in [5.74, 6) is 2.42. The molecular weight excluding hydrogens is 631 g/mol. The van der Waals surface area contributed by atoms with Gasteiger partial charge in [0.05, 0.1) is 11.5 Å². The SMILES string of the molecule is C=C(C)[C@@H]1CC[C@]2(C(=O)NCCCCCCCCCCCCCCCC(=O)O)CC[C@]3(C)[C@H](CCC4[C@@]5(C)CC[C@H](O)C(C)(C)[C@@H]5CC[C@]43C)[C@@H]12. The zero-order valence-electron chi connectivity index (χ0n) is 34.1. The summed E-state index contributed by atoms with van der Waals surface area (Å²) in [7, 11) is 0. The van der Waals surface area contributed by atoms with Gasteiger partial charge in [-0.15, -0.1) is 0 Å². The zero-order chi connectivity index (χ0) is 37.1. The van der Waals surface area contributed by atoms with E-state index in [-0.39, 0.29) is 33.2 Å². The Bertz CT molecular complexity index is 1210. The van der Waals surface area contributed by atoms with Crippen molar-refractivity contribution in [2.45, 2.75) is 202 Å². The number of hydrogen-bond acceptors (Lipinski definition) is 3. The van der Waals surface area contributed by atoms with E-state index in [1.165, 1.54) is 102 Å². The molecule has 0 radical (unpaired) electrons. The van der Waals surface area contributed by atoms with E-state index in [0.717, 1.165) is 57.9 Å². The number of carboxylic acid groups (broad SMARTS) is 1. The molecule has 0 aromatic rings. The summed E-state index contributed by atoms with van der Waals surface area (Å²) in [5, 5.41) is 23.4. The highest BCUT2D eigenvalue weighted by molar-refractivity contribution is 5.83. The van der Waals surface area contributed by atoms with Crippen LogP contribution in [0.15, 0.2) is 12.2 Å². The highest BCUT2D eigenvalue weighted by atomic mass is 16.4. The lowest BCUT2D eigenvalue weighted by Crippen LogP contribution is -2.67. The van der Waals surface area contributed by atoms with E-state index in [1.807, 2.05) is 0 Å². The third-order valence-corrected chi connectivity index (χ3v) is 17.4. The molecule has 0 saturated heterocycles. The summed E-state index contributed by atoms with van der Waals surface area (Å²) in [5.41, 5.74) is 1.85. The molecule has 1 unspecified atom stereocenters. The molecule has 292 valence electrons. The summed E-state index contributed by atoms with van der Waals surface area (Å²) in [6, 6.07) is 0. The third kappa shape index (κ3) is 7.78. The van der Waals surface area contributed by atoms with E-state index in [4.69, 9.17) is 5.11 Å². The summed E-state index contributed by atoms with van der Waals surface area (Å²) < 4.78 is 0. The molecule has 0 bridgehead atoms. The van der Waals surface area contributed by atoms with Crippen molar-refractivity contribution in [2.75, 3.05) is 6.54 Å². The molecule has 0 heterocycles. The Labute approximate surface area is 313 Å². The molecule has 5 fully saturated rings. The number of rotatable bonds is 18. The molecule has 5 heteroatoms. The smallest absolute Gasteiger partial charge is 0.303 e. The van der Waals surface area contributed by atoms with E-state index in [0.29, 0.717) is 41.9 Å². The van der Waals surface area contributed by atoms with Gasteiger partial charge in [-0.3, -0.25) is 9.59 Å². The molecule has 1 amide bonds. The summed E-state index contributed by atoms with van der Waals surface area (Å²) in [4.78, 5) is 25.0. The number of fused-ring (bicyclic) bond motifs is 7. The van der Waals surface area contributed by atoms with Gasteiger partial charge in [0.2, 0.25) is 5.91 Å². The first kappa shape index (κ1) is 40.8. The largest absolute Gasteiger partial charge is 0.481 e. The fourth-order valence-electron chi connectivity index (χ4n) is 14.2. The highest BCUT2D eigenvalue weighted by Gasteiger charge is 2.71. The van der Waals surface area contributed by atoms with Crippen molar-refractivity contribution in [3.05, 3.63) is 12.2 Å². The maximum absolute atomic E-state index is 14.4. The Balaban J connectivity index is 1.10. The maximum Gasteiger partial charge on any atom is 0.303 e. The average Bonchev–Trinajstić information content (AvgIpc) is 3.48. The van der Waals surface area contributed by atoms with Gasteiger partial charge in [0.1, 0.15) is 0 Å². The van der Waals surface area contributed by atoms with Gasteiger partial charge in [-0.05, 0) is 135 Å². The quantitative estimate of drug-likeness (QED) is 0.0976. The Kier molecular flexibility index (Phi) is 13.3. The van der Waals surface area contributed by atoms with Crippen LogP contribution >= 0.6 is 0 Å². The Morgan fingerprint density at radius 1 is 0.667 bits per heavy atom. The number of carbonyl (C=O) groups is 2. The van der Waals surface area contributed by atoms with Gasteiger partial charge in [-0.1, -0.05) is 117 Å². The lowest BCUT2D eigenvalue weighted by atomic mass is 9.32. The van der Waals surface area contributed by atoms with Crippen molar-refractivity contribution in [1.82, 2.24) is 5.32 Å². The first-order chi connectivity index (χ1) is 24.1. The number of aliphatic hydroxyl groups excluding tert-OH is 1. The highest BCUT2D eigenvalue weighted by Crippen LogP contribution is 2.77. The number of unbranched alkanes of at least 4 members (excludes halogenated alkanes) is 12. The second-order valence-corrected chi connectivity index (χ2v) is 20.2. The molecule has 10 atom stereocenters. The number of carboxylic acids is 1. The first-order valence-electron chi connectivity index (χ1n) is 22.0. The van der Waals surface area contributed by atoms with Gasteiger partial charge in [-0.25, -0.2) is 0 Å². The number of allylic oxidation sites excluding steroid dienone is 1. The van der Waals surface area contributed by atoms with Crippen LogP contribution in [0.4, 0.5) is 0 Å². The lowest BCUT2D eigenvalue weighted by molar-refractivity contribution is -0.246. The average molecular weight is 710 g/mol. The van der Waals surface area contributed by atoms with Crippen LogP contribution in [0.1, 0.15) is 196 Å². The Morgan fingerprint density at radius 3 is 1.84 bits per heavy atom. The standard InChI is InChI=1S/C46H79NO4/c1-33(2)34-24-29-46(41(51)47-32-20-18-16-14-12-10-8-9-11-13-15-17-19-21-39(49)50)31-30-44(6)35(40(34)46)22-23-37-43(5)27-26-38(48)42(3,4)36(43)25-28-45(37,44)7/h34-38,40,48H,1,8-32H2,2-7H3,(H,47,51)(H,49,50)/t34-,35+,36-,37?,38-,40+,43-,44+,45+,46-/m0/s1. The van der Waals surface area contributed by atoms with E-state index in [2.05, 4.69) is 53.4 Å². The maximum atomic E-state index is 14.4. The van der Waals surface area contributed by atoms with Gasteiger partial charge in [-0.2, -0.15) is 0 Å². The van der Waals surface area contributed by atoms with E-state index >= 15 is 0 Å². The second-order valence-electron chi connectivity index (χ2n) is 20.2.